The topological polar surface area (TPSA) is 53.0 Å². The number of para-hydroxylation sites is 1. The van der Waals surface area contributed by atoms with Gasteiger partial charge in [0.1, 0.15) is 5.75 Å². The molecule has 1 aliphatic heterocycles. The van der Waals surface area contributed by atoms with E-state index < -0.39 is 6.10 Å². The van der Waals surface area contributed by atoms with Gasteiger partial charge < -0.3 is 19.6 Å². The van der Waals surface area contributed by atoms with Crippen LogP contribution in [0.15, 0.2) is 60.7 Å². The molecule has 1 N–H and O–H groups in total. The van der Waals surface area contributed by atoms with Gasteiger partial charge in [0, 0.05) is 26.2 Å². The Balaban J connectivity index is 1.41. The smallest absolute Gasteiger partial charge is 0.260 e. The molecule has 1 aliphatic rings. The highest BCUT2D eigenvalue weighted by molar-refractivity contribution is 5.77. The molecule has 1 saturated heterocycles. The third kappa shape index (κ3) is 6.08. The van der Waals surface area contributed by atoms with Crippen molar-refractivity contribution in [2.45, 2.75) is 18.9 Å². The summed E-state index contributed by atoms with van der Waals surface area (Å²) in [7, 11) is 0. The minimum atomic E-state index is -0.438. The molecular formula is C22H28N2O3. The van der Waals surface area contributed by atoms with Gasteiger partial charge in [-0.1, -0.05) is 48.5 Å². The molecule has 144 valence electrons. The van der Waals surface area contributed by atoms with Crippen LogP contribution in [0.5, 0.6) is 5.75 Å². The third-order valence-electron chi connectivity index (χ3n) is 4.95. The van der Waals surface area contributed by atoms with Crippen molar-refractivity contribution in [3.63, 3.8) is 0 Å². The van der Waals surface area contributed by atoms with Gasteiger partial charge in [0.2, 0.25) is 0 Å². The van der Waals surface area contributed by atoms with E-state index in [0.717, 1.165) is 43.9 Å². The highest BCUT2D eigenvalue weighted by Gasteiger charge is 2.20. The van der Waals surface area contributed by atoms with E-state index in [1.165, 1.54) is 0 Å². The van der Waals surface area contributed by atoms with Crippen molar-refractivity contribution < 1.29 is 14.6 Å². The molecule has 0 aromatic heterocycles. The SMILES string of the molecule is O=C(COc1ccccc1)N1CCCN(CCC(O)c2ccccc2)CC1. The van der Waals surface area contributed by atoms with E-state index in [-0.39, 0.29) is 12.5 Å². The molecule has 0 spiro atoms. The van der Waals surface area contributed by atoms with Gasteiger partial charge in [0.25, 0.3) is 5.91 Å². The summed E-state index contributed by atoms with van der Waals surface area (Å²) in [6.45, 7) is 4.16. The second kappa shape index (κ2) is 10.1. The van der Waals surface area contributed by atoms with E-state index in [1.54, 1.807) is 0 Å². The van der Waals surface area contributed by atoms with Gasteiger partial charge in [-0.15, -0.1) is 0 Å². The average Bonchev–Trinajstić information content (AvgIpc) is 2.97. The van der Waals surface area contributed by atoms with Crippen LogP contribution in [0, 0.1) is 0 Å². The Labute approximate surface area is 161 Å². The van der Waals surface area contributed by atoms with Gasteiger partial charge in [-0.25, -0.2) is 0 Å². The fraction of sp³-hybridized carbons (Fsp3) is 0.409. The zero-order chi connectivity index (χ0) is 18.9. The number of nitrogens with zero attached hydrogens (tertiary/aromatic N) is 2. The van der Waals surface area contributed by atoms with Gasteiger partial charge in [-0.2, -0.15) is 0 Å². The summed E-state index contributed by atoms with van der Waals surface area (Å²) in [4.78, 5) is 16.6. The van der Waals surface area contributed by atoms with Gasteiger partial charge in [-0.3, -0.25) is 4.79 Å². The van der Waals surface area contributed by atoms with Crippen molar-refractivity contribution in [3.05, 3.63) is 66.2 Å². The summed E-state index contributed by atoms with van der Waals surface area (Å²) in [5.74, 6) is 0.752. The minimum absolute atomic E-state index is 0.0324. The summed E-state index contributed by atoms with van der Waals surface area (Å²) in [5.41, 5.74) is 0.960. The fourth-order valence-electron chi connectivity index (χ4n) is 3.34. The lowest BCUT2D eigenvalue weighted by atomic mass is 10.1. The van der Waals surface area contributed by atoms with Crippen molar-refractivity contribution in [1.29, 1.82) is 0 Å². The van der Waals surface area contributed by atoms with Crippen molar-refractivity contribution in [3.8, 4) is 5.75 Å². The van der Waals surface area contributed by atoms with Crippen LogP contribution in [0.2, 0.25) is 0 Å². The molecule has 2 aromatic carbocycles. The normalized spacial score (nSPS) is 16.6. The molecule has 1 amide bonds. The van der Waals surface area contributed by atoms with Crippen LogP contribution < -0.4 is 4.74 Å². The molecule has 1 fully saturated rings. The first-order valence-electron chi connectivity index (χ1n) is 9.63. The predicted molar refractivity (Wildman–Crippen MR) is 106 cm³/mol. The first-order chi connectivity index (χ1) is 13.2. The maximum atomic E-state index is 12.4. The van der Waals surface area contributed by atoms with E-state index in [4.69, 9.17) is 4.74 Å². The molecule has 5 heteroatoms. The number of hydrogen-bond donors (Lipinski definition) is 1. The Bertz CT molecular complexity index is 693. The molecule has 2 aromatic rings. The highest BCUT2D eigenvalue weighted by atomic mass is 16.5. The molecule has 0 bridgehead atoms. The van der Waals surface area contributed by atoms with E-state index in [1.807, 2.05) is 65.6 Å². The molecule has 27 heavy (non-hydrogen) atoms. The molecule has 3 rings (SSSR count). The zero-order valence-corrected chi connectivity index (χ0v) is 15.7. The monoisotopic (exact) mass is 368 g/mol. The number of carbonyl (C=O) groups is 1. The van der Waals surface area contributed by atoms with Gasteiger partial charge in [0.05, 0.1) is 6.10 Å². The molecule has 1 unspecified atom stereocenters. The van der Waals surface area contributed by atoms with Gasteiger partial charge in [0.15, 0.2) is 6.61 Å². The predicted octanol–water partition coefficient (Wildman–Crippen LogP) is 2.72. The Morgan fingerprint density at radius 1 is 0.963 bits per heavy atom. The van der Waals surface area contributed by atoms with Crippen LogP contribution in [0.25, 0.3) is 0 Å². The molecule has 1 atom stereocenters. The van der Waals surface area contributed by atoms with Crippen LogP contribution in [-0.2, 0) is 4.79 Å². The van der Waals surface area contributed by atoms with Crippen molar-refractivity contribution in [1.82, 2.24) is 9.80 Å². The molecule has 0 radical (unpaired) electrons. The van der Waals surface area contributed by atoms with Crippen LogP contribution in [0.3, 0.4) is 0 Å². The Morgan fingerprint density at radius 2 is 1.67 bits per heavy atom. The lowest BCUT2D eigenvalue weighted by Crippen LogP contribution is -2.38. The van der Waals surface area contributed by atoms with Crippen LogP contribution >= 0.6 is 0 Å². The van der Waals surface area contributed by atoms with Crippen LogP contribution in [-0.4, -0.2) is 60.1 Å². The van der Waals surface area contributed by atoms with Gasteiger partial charge >= 0.3 is 0 Å². The number of aliphatic hydroxyl groups is 1. The lowest BCUT2D eigenvalue weighted by Gasteiger charge is -2.23. The Hall–Kier alpha value is -2.37. The number of benzene rings is 2. The number of hydrogen-bond acceptors (Lipinski definition) is 4. The minimum Gasteiger partial charge on any atom is -0.484 e. The second-order valence-electron chi connectivity index (χ2n) is 6.89. The standard InChI is InChI=1S/C22H28N2O3/c25-21(19-8-3-1-4-9-19)12-15-23-13-7-14-24(17-16-23)22(26)18-27-20-10-5-2-6-11-20/h1-6,8-11,21,25H,7,12-18H2. The largest absolute Gasteiger partial charge is 0.484 e. The summed E-state index contributed by atoms with van der Waals surface area (Å²) in [5, 5.41) is 10.3. The first kappa shape index (κ1) is 19.4. The number of rotatable bonds is 7. The molecule has 0 saturated carbocycles. The number of carbonyl (C=O) groups excluding carboxylic acids is 1. The maximum Gasteiger partial charge on any atom is 0.260 e. The number of amides is 1. The van der Waals surface area contributed by atoms with Crippen LogP contribution in [0.1, 0.15) is 24.5 Å². The van der Waals surface area contributed by atoms with E-state index in [9.17, 15) is 9.90 Å². The Kier molecular flexibility index (Phi) is 7.25. The third-order valence-corrected chi connectivity index (χ3v) is 4.95. The van der Waals surface area contributed by atoms with E-state index in [0.29, 0.717) is 13.0 Å². The number of ether oxygens (including phenoxy) is 1. The fourth-order valence-corrected chi connectivity index (χ4v) is 3.34. The zero-order valence-electron chi connectivity index (χ0n) is 15.7. The summed E-state index contributed by atoms with van der Waals surface area (Å²) in [6, 6.07) is 19.2. The van der Waals surface area contributed by atoms with Crippen LogP contribution in [0.4, 0.5) is 0 Å². The van der Waals surface area contributed by atoms with Crippen molar-refractivity contribution >= 4 is 5.91 Å². The van der Waals surface area contributed by atoms with Gasteiger partial charge in [-0.05, 0) is 37.1 Å². The molecule has 1 heterocycles. The average molecular weight is 368 g/mol. The van der Waals surface area contributed by atoms with E-state index >= 15 is 0 Å². The molecule has 0 aliphatic carbocycles. The lowest BCUT2D eigenvalue weighted by molar-refractivity contribution is -0.133. The number of aliphatic hydroxyl groups excluding tert-OH is 1. The quantitative estimate of drug-likeness (QED) is 0.816. The summed E-state index contributed by atoms with van der Waals surface area (Å²) >= 11 is 0. The summed E-state index contributed by atoms with van der Waals surface area (Å²) < 4.78 is 5.58. The summed E-state index contributed by atoms with van der Waals surface area (Å²) in [6.07, 6.45) is 1.21. The molecule has 5 nitrogen and oxygen atoms in total. The highest BCUT2D eigenvalue weighted by Crippen LogP contribution is 2.17. The first-order valence-corrected chi connectivity index (χ1v) is 9.63. The molecular weight excluding hydrogens is 340 g/mol. The second-order valence-corrected chi connectivity index (χ2v) is 6.89. The van der Waals surface area contributed by atoms with E-state index in [2.05, 4.69) is 4.90 Å². The Morgan fingerprint density at radius 3 is 2.41 bits per heavy atom. The van der Waals surface area contributed by atoms with Crippen molar-refractivity contribution in [2.24, 2.45) is 0 Å². The maximum absolute atomic E-state index is 12.4. The van der Waals surface area contributed by atoms with Crippen molar-refractivity contribution in [2.75, 3.05) is 39.3 Å².